The monoisotopic (exact) mass is 346 g/mol. The Labute approximate surface area is 145 Å². The van der Waals surface area contributed by atoms with Crippen LogP contribution in [0.5, 0.6) is 0 Å². The summed E-state index contributed by atoms with van der Waals surface area (Å²) in [5, 5.41) is 5.25. The second kappa shape index (κ2) is 8.56. The smallest absolute Gasteiger partial charge is 0.273 e. The van der Waals surface area contributed by atoms with Gasteiger partial charge in [-0.25, -0.2) is 4.98 Å². The zero-order valence-corrected chi connectivity index (χ0v) is 14.7. The van der Waals surface area contributed by atoms with Crippen molar-refractivity contribution in [3.63, 3.8) is 0 Å². The molecule has 0 saturated carbocycles. The number of para-hydroxylation sites is 1. The first-order chi connectivity index (χ1) is 11.5. The van der Waals surface area contributed by atoms with Gasteiger partial charge >= 0.3 is 0 Å². The van der Waals surface area contributed by atoms with Gasteiger partial charge < -0.3 is 16.0 Å². The van der Waals surface area contributed by atoms with E-state index in [1.807, 2.05) is 38.1 Å². The zero-order valence-electron chi connectivity index (χ0n) is 13.9. The molecule has 1 heterocycles. The van der Waals surface area contributed by atoms with Crippen LogP contribution in [0.15, 0.2) is 29.6 Å². The van der Waals surface area contributed by atoms with Gasteiger partial charge in [0.25, 0.3) is 5.91 Å². The molecule has 0 unspecified atom stereocenters. The number of thiazole rings is 1. The van der Waals surface area contributed by atoms with E-state index in [-0.39, 0.29) is 18.4 Å². The number of rotatable bonds is 7. The maximum atomic E-state index is 12.6. The quantitative estimate of drug-likeness (QED) is 0.806. The summed E-state index contributed by atoms with van der Waals surface area (Å²) in [6.45, 7) is 4.69. The number of hydrogen-bond donors (Lipinski definition) is 2. The molecular weight excluding hydrogens is 324 g/mol. The Morgan fingerprint density at radius 1 is 1.33 bits per heavy atom. The summed E-state index contributed by atoms with van der Waals surface area (Å²) in [4.78, 5) is 30.6. The van der Waals surface area contributed by atoms with Crippen molar-refractivity contribution in [3.05, 3.63) is 45.9 Å². The van der Waals surface area contributed by atoms with E-state index in [9.17, 15) is 9.59 Å². The topological polar surface area (TPSA) is 88.3 Å². The van der Waals surface area contributed by atoms with Crippen molar-refractivity contribution in [2.45, 2.75) is 26.8 Å². The van der Waals surface area contributed by atoms with Crippen molar-refractivity contribution in [2.24, 2.45) is 5.73 Å². The fourth-order valence-electron chi connectivity index (χ4n) is 2.26. The fourth-order valence-corrected chi connectivity index (χ4v) is 2.91. The number of nitrogens with one attached hydrogen (secondary N) is 1. The summed E-state index contributed by atoms with van der Waals surface area (Å²) in [5.74, 6) is -0.465. The molecule has 0 spiro atoms. The maximum Gasteiger partial charge on any atom is 0.273 e. The lowest BCUT2D eigenvalue weighted by molar-refractivity contribution is -0.116. The molecule has 1 aromatic heterocycles. The van der Waals surface area contributed by atoms with E-state index in [1.54, 1.807) is 5.38 Å². The molecule has 2 amide bonds. The minimum absolute atomic E-state index is 0.00348. The Bertz CT molecular complexity index is 714. The van der Waals surface area contributed by atoms with Gasteiger partial charge in [0.1, 0.15) is 17.2 Å². The predicted octanol–water partition coefficient (Wildman–Crippen LogP) is 2.40. The minimum atomic E-state index is -0.243. The third-order valence-electron chi connectivity index (χ3n) is 3.48. The van der Waals surface area contributed by atoms with Gasteiger partial charge in [0.05, 0.1) is 0 Å². The highest BCUT2D eigenvalue weighted by molar-refractivity contribution is 7.09. The average molecular weight is 346 g/mol. The summed E-state index contributed by atoms with van der Waals surface area (Å²) < 4.78 is 0. The lowest BCUT2D eigenvalue weighted by atomic mass is 10.2. The third-order valence-corrected chi connectivity index (χ3v) is 4.35. The van der Waals surface area contributed by atoms with Crippen LogP contribution in [0.4, 0.5) is 5.69 Å². The molecule has 0 aliphatic heterocycles. The van der Waals surface area contributed by atoms with Crippen LogP contribution in [0.25, 0.3) is 0 Å². The maximum absolute atomic E-state index is 12.6. The molecule has 0 aliphatic carbocycles. The molecule has 2 rings (SSSR count). The number of carbonyl (C=O) groups excluding carboxylic acids is 2. The number of benzene rings is 1. The number of amides is 2. The van der Waals surface area contributed by atoms with Crippen LogP contribution in [0.3, 0.4) is 0 Å². The molecule has 0 atom stereocenters. The lowest BCUT2D eigenvalue weighted by Gasteiger charge is -2.21. The summed E-state index contributed by atoms with van der Waals surface area (Å²) in [7, 11) is 0. The van der Waals surface area contributed by atoms with Crippen molar-refractivity contribution >= 4 is 28.8 Å². The molecule has 7 heteroatoms. The van der Waals surface area contributed by atoms with Crippen LogP contribution >= 0.6 is 11.3 Å². The average Bonchev–Trinajstić information content (AvgIpc) is 3.05. The van der Waals surface area contributed by atoms with Crippen LogP contribution in [-0.4, -0.2) is 34.8 Å². The number of aromatic nitrogens is 1. The van der Waals surface area contributed by atoms with Crippen molar-refractivity contribution in [1.82, 2.24) is 9.88 Å². The standard InChI is InChI=1S/C17H22N4O2S/c1-3-8-21(17(23)14-11-24-16(9-18)20-14)10-15(22)19-13-7-5-4-6-12(13)2/h4-7,11H,3,8-10,18H2,1-2H3,(H,19,22). The second-order valence-corrected chi connectivity index (χ2v) is 6.36. The van der Waals surface area contributed by atoms with Gasteiger partial charge in [-0.15, -0.1) is 11.3 Å². The van der Waals surface area contributed by atoms with Gasteiger partial charge in [-0.1, -0.05) is 25.1 Å². The van der Waals surface area contributed by atoms with E-state index < -0.39 is 0 Å². The Balaban J connectivity index is 2.05. The highest BCUT2D eigenvalue weighted by Crippen LogP contribution is 2.14. The molecule has 6 nitrogen and oxygen atoms in total. The Morgan fingerprint density at radius 2 is 2.08 bits per heavy atom. The molecule has 1 aromatic carbocycles. The molecule has 128 valence electrons. The normalized spacial score (nSPS) is 10.5. The lowest BCUT2D eigenvalue weighted by Crippen LogP contribution is -2.38. The largest absolute Gasteiger partial charge is 0.328 e. The SMILES string of the molecule is CCCN(CC(=O)Nc1ccccc1C)C(=O)c1csc(CN)n1. The molecular formula is C17H22N4O2S. The van der Waals surface area contributed by atoms with Gasteiger partial charge in [0, 0.05) is 24.2 Å². The summed E-state index contributed by atoms with van der Waals surface area (Å²) in [6.07, 6.45) is 0.761. The van der Waals surface area contributed by atoms with Gasteiger partial charge in [-0.3, -0.25) is 9.59 Å². The summed E-state index contributed by atoms with van der Waals surface area (Å²) >= 11 is 1.35. The van der Waals surface area contributed by atoms with Gasteiger partial charge in [0.15, 0.2) is 0 Å². The van der Waals surface area contributed by atoms with Crippen molar-refractivity contribution < 1.29 is 9.59 Å². The summed E-state index contributed by atoms with van der Waals surface area (Å²) in [5.41, 5.74) is 7.62. The molecule has 3 N–H and O–H groups in total. The molecule has 24 heavy (non-hydrogen) atoms. The Hall–Kier alpha value is -2.25. The highest BCUT2D eigenvalue weighted by Gasteiger charge is 2.20. The van der Waals surface area contributed by atoms with E-state index in [4.69, 9.17) is 5.73 Å². The van der Waals surface area contributed by atoms with Crippen LogP contribution in [0.2, 0.25) is 0 Å². The minimum Gasteiger partial charge on any atom is -0.328 e. The van der Waals surface area contributed by atoms with E-state index in [1.165, 1.54) is 16.2 Å². The zero-order chi connectivity index (χ0) is 17.5. The molecule has 0 aliphatic rings. The van der Waals surface area contributed by atoms with Crippen molar-refractivity contribution in [3.8, 4) is 0 Å². The number of carbonyl (C=O) groups is 2. The van der Waals surface area contributed by atoms with Crippen LogP contribution in [0.1, 0.15) is 34.4 Å². The Kier molecular flexibility index (Phi) is 6.45. The van der Waals surface area contributed by atoms with Gasteiger partial charge in [-0.2, -0.15) is 0 Å². The number of nitrogens with zero attached hydrogens (tertiary/aromatic N) is 2. The first-order valence-corrected chi connectivity index (χ1v) is 8.72. The van der Waals surface area contributed by atoms with Crippen molar-refractivity contribution in [2.75, 3.05) is 18.4 Å². The van der Waals surface area contributed by atoms with Gasteiger partial charge in [-0.05, 0) is 25.0 Å². The molecule has 0 radical (unpaired) electrons. The number of hydrogen-bond acceptors (Lipinski definition) is 5. The van der Waals surface area contributed by atoms with Crippen LogP contribution in [0, 0.1) is 6.92 Å². The molecule has 0 bridgehead atoms. The summed E-state index contributed by atoms with van der Waals surface area (Å²) in [6, 6.07) is 7.54. The first kappa shape index (κ1) is 18.1. The van der Waals surface area contributed by atoms with E-state index >= 15 is 0 Å². The Morgan fingerprint density at radius 3 is 2.71 bits per heavy atom. The predicted molar refractivity (Wildman–Crippen MR) is 96.0 cm³/mol. The second-order valence-electron chi connectivity index (χ2n) is 5.42. The van der Waals surface area contributed by atoms with Crippen LogP contribution < -0.4 is 11.1 Å². The third kappa shape index (κ3) is 4.62. The van der Waals surface area contributed by atoms with Crippen LogP contribution in [-0.2, 0) is 11.3 Å². The van der Waals surface area contributed by atoms with Gasteiger partial charge in [0.2, 0.25) is 5.91 Å². The molecule has 0 saturated heterocycles. The molecule has 2 aromatic rings. The molecule has 0 fully saturated rings. The highest BCUT2D eigenvalue weighted by atomic mass is 32.1. The fraction of sp³-hybridized carbons (Fsp3) is 0.353. The number of anilines is 1. The van der Waals surface area contributed by atoms with E-state index in [2.05, 4.69) is 10.3 Å². The van der Waals surface area contributed by atoms with E-state index in [0.717, 1.165) is 17.7 Å². The van der Waals surface area contributed by atoms with E-state index in [0.29, 0.717) is 23.8 Å². The number of nitrogens with two attached hydrogens (primary N) is 1. The number of aryl methyl sites for hydroxylation is 1. The van der Waals surface area contributed by atoms with Crippen molar-refractivity contribution in [1.29, 1.82) is 0 Å². The first-order valence-electron chi connectivity index (χ1n) is 7.84.